The van der Waals surface area contributed by atoms with Crippen molar-refractivity contribution in [1.82, 2.24) is 9.80 Å². The number of ether oxygens (including phenoxy) is 3. The van der Waals surface area contributed by atoms with Crippen molar-refractivity contribution in [3.8, 4) is 0 Å². The standard InChI is InChI=1S/C40H68N2O6/c1-11-46-33(36(7,8)45)26-22-25(4)30-31(47-26)32(43)38(10)28-13-12-27-35(5,6)29(48-34(44)42-20-18-41(19-21-42)24(2)3)14-15-39(27)23-40(28,39)17-16-37(30,38)9/h24-33,43,45H,11-23H2,1-10H3/t25-,26-,27+,28+,29+,30+,31+,32+,33+,37-,38-,39-,40+/m1/s1. The lowest BCUT2D eigenvalue weighted by molar-refractivity contribution is -0.215. The first-order valence-corrected chi connectivity index (χ1v) is 19.8. The van der Waals surface area contributed by atoms with E-state index in [2.05, 4.69) is 53.4 Å². The number of carbonyl (C=O) groups is 1. The van der Waals surface area contributed by atoms with Crippen LogP contribution in [0.3, 0.4) is 0 Å². The lowest BCUT2D eigenvalue weighted by Gasteiger charge is -2.63. The quantitative estimate of drug-likeness (QED) is 0.333. The Morgan fingerprint density at radius 3 is 2.25 bits per heavy atom. The molecule has 7 aliphatic rings. The number of carbonyl (C=O) groups excluding carboxylic acids is 1. The molecular weight excluding hydrogens is 604 g/mol. The molecule has 2 aliphatic heterocycles. The summed E-state index contributed by atoms with van der Waals surface area (Å²) in [4.78, 5) is 17.8. The zero-order valence-corrected chi connectivity index (χ0v) is 31.9. The molecule has 7 rings (SSSR count). The van der Waals surface area contributed by atoms with Gasteiger partial charge in [0.15, 0.2) is 0 Å². The van der Waals surface area contributed by atoms with Gasteiger partial charge in [0.1, 0.15) is 12.2 Å². The summed E-state index contributed by atoms with van der Waals surface area (Å²) in [6, 6.07) is 0.506. The van der Waals surface area contributed by atoms with E-state index in [9.17, 15) is 15.0 Å². The Morgan fingerprint density at radius 2 is 1.62 bits per heavy atom. The second kappa shape index (κ2) is 11.5. The molecule has 1 amide bonds. The SMILES string of the molecule is CCO[C@@H]([C@H]1C[C@@H](C)[C@H]2[C@H](O1)[C@H](O)[C@@]1(C)[C@@H]3CC[C@H]4C(C)(C)[C@@H](OC(=O)N5CCN(C(C)C)CC5)CC[C@@]45C[C@@]35CC[C@]21C)C(C)(C)O. The van der Waals surface area contributed by atoms with Crippen molar-refractivity contribution in [1.29, 1.82) is 0 Å². The molecule has 8 heteroatoms. The molecule has 5 saturated carbocycles. The summed E-state index contributed by atoms with van der Waals surface area (Å²) >= 11 is 0. The normalized spacial score (nSPS) is 48.9. The predicted octanol–water partition coefficient (Wildman–Crippen LogP) is 6.51. The second-order valence-electron chi connectivity index (χ2n) is 19.6. The maximum Gasteiger partial charge on any atom is 0.410 e. The van der Waals surface area contributed by atoms with Gasteiger partial charge in [-0.1, -0.05) is 34.6 Å². The van der Waals surface area contributed by atoms with Crippen molar-refractivity contribution in [2.45, 2.75) is 163 Å². The first-order chi connectivity index (χ1) is 22.4. The number of hydrogen-bond donors (Lipinski definition) is 2. The van der Waals surface area contributed by atoms with E-state index in [-0.39, 0.29) is 57.4 Å². The summed E-state index contributed by atoms with van der Waals surface area (Å²) in [5.74, 6) is 1.64. The maximum absolute atomic E-state index is 13.5. The van der Waals surface area contributed by atoms with E-state index in [1.807, 2.05) is 25.7 Å². The van der Waals surface area contributed by atoms with Crippen molar-refractivity contribution in [3.05, 3.63) is 0 Å². The smallest absolute Gasteiger partial charge is 0.410 e. The molecule has 5 aliphatic carbocycles. The van der Waals surface area contributed by atoms with Crippen LogP contribution in [-0.2, 0) is 14.2 Å². The van der Waals surface area contributed by atoms with E-state index >= 15 is 0 Å². The number of aliphatic hydroxyl groups excluding tert-OH is 1. The van der Waals surface area contributed by atoms with E-state index in [0.29, 0.717) is 30.4 Å². The second-order valence-corrected chi connectivity index (χ2v) is 19.6. The Kier molecular flexibility index (Phi) is 8.52. The number of hydrogen-bond acceptors (Lipinski definition) is 7. The fourth-order valence-electron chi connectivity index (χ4n) is 14.3. The lowest BCUT2D eigenvalue weighted by Crippen LogP contribution is -2.60. The highest BCUT2D eigenvalue weighted by Gasteiger charge is 2.84. The monoisotopic (exact) mass is 673 g/mol. The summed E-state index contributed by atoms with van der Waals surface area (Å²) in [6.45, 7) is 26.0. The summed E-state index contributed by atoms with van der Waals surface area (Å²) < 4.78 is 19.5. The highest BCUT2D eigenvalue weighted by molar-refractivity contribution is 5.68. The van der Waals surface area contributed by atoms with Crippen molar-refractivity contribution in [2.24, 2.45) is 50.7 Å². The molecule has 7 fully saturated rings. The minimum Gasteiger partial charge on any atom is -0.446 e. The molecule has 0 radical (unpaired) electrons. The van der Waals surface area contributed by atoms with Crippen LogP contribution >= 0.6 is 0 Å². The van der Waals surface area contributed by atoms with E-state index in [4.69, 9.17) is 14.2 Å². The Morgan fingerprint density at radius 1 is 0.979 bits per heavy atom. The molecule has 2 spiro atoms. The molecule has 0 aromatic carbocycles. The number of amides is 1. The fraction of sp³-hybridized carbons (Fsp3) is 0.975. The Labute approximate surface area is 291 Å². The van der Waals surface area contributed by atoms with Gasteiger partial charge in [-0.05, 0) is 126 Å². The third-order valence-corrected chi connectivity index (χ3v) is 16.7. The van der Waals surface area contributed by atoms with Crippen LogP contribution in [-0.4, -0.2) is 101 Å². The third-order valence-electron chi connectivity index (χ3n) is 16.7. The van der Waals surface area contributed by atoms with Crippen LogP contribution in [0.4, 0.5) is 4.79 Å². The first-order valence-electron chi connectivity index (χ1n) is 19.8. The highest BCUT2D eigenvalue weighted by atomic mass is 16.6. The topological polar surface area (TPSA) is 91.7 Å². The van der Waals surface area contributed by atoms with Crippen LogP contribution in [0.2, 0.25) is 0 Å². The maximum atomic E-state index is 13.5. The number of piperazine rings is 1. The van der Waals surface area contributed by atoms with E-state index < -0.39 is 17.8 Å². The summed E-state index contributed by atoms with van der Waals surface area (Å²) in [5.41, 5.74) is -0.822. The van der Waals surface area contributed by atoms with Gasteiger partial charge in [0.05, 0.1) is 23.9 Å². The van der Waals surface area contributed by atoms with Crippen molar-refractivity contribution < 1.29 is 29.2 Å². The van der Waals surface area contributed by atoms with Gasteiger partial charge in [0, 0.05) is 49.7 Å². The van der Waals surface area contributed by atoms with Gasteiger partial charge in [-0.25, -0.2) is 4.79 Å². The van der Waals surface area contributed by atoms with Crippen LogP contribution in [0, 0.1) is 50.7 Å². The minimum atomic E-state index is -1.02. The number of rotatable bonds is 6. The Hall–Kier alpha value is -0.930. The number of nitrogens with zero attached hydrogens (tertiary/aromatic N) is 2. The molecule has 2 saturated heterocycles. The largest absolute Gasteiger partial charge is 0.446 e. The van der Waals surface area contributed by atoms with Gasteiger partial charge in [-0.2, -0.15) is 0 Å². The Balaban J connectivity index is 1.10. The minimum absolute atomic E-state index is 0.00825. The molecule has 48 heavy (non-hydrogen) atoms. The van der Waals surface area contributed by atoms with Gasteiger partial charge < -0.3 is 29.3 Å². The predicted molar refractivity (Wildman–Crippen MR) is 186 cm³/mol. The molecule has 2 heterocycles. The molecule has 0 bridgehead atoms. The average molecular weight is 673 g/mol. The molecule has 0 aromatic rings. The van der Waals surface area contributed by atoms with Gasteiger partial charge >= 0.3 is 6.09 Å². The highest BCUT2D eigenvalue weighted by Crippen LogP contribution is 2.89. The summed E-state index contributed by atoms with van der Waals surface area (Å²) in [5, 5.41) is 23.6. The van der Waals surface area contributed by atoms with Gasteiger partial charge in [-0.15, -0.1) is 0 Å². The van der Waals surface area contributed by atoms with Gasteiger partial charge in [0.2, 0.25) is 0 Å². The molecule has 0 unspecified atom stereocenters. The van der Waals surface area contributed by atoms with Gasteiger partial charge in [0.25, 0.3) is 0 Å². The number of fused-ring (bicyclic) bond motifs is 4. The van der Waals surface area contributed by atoms with Crippen molar-refractivity contribution in [3.63, 3.8) is 0 Å². The van der Waals surface area contributed by atoms with Crippen LogP contribution in [0.25, 0.3) is 0 Å². The lowest BCUT2D eigenvalue weighted by atomic mass is 9.41. The van der Waals surface area contributed by atoms with E-state index in [1.165, 1.54) is 12.8 Å². The zero-order valence-electron chi connectivity index (χ0n) is 31.9. The molecular formula is C40H68N2O6. The van der Waals surface area contributed by atoms with Crippen LogP contribution in [0.15, 0.2) is 0 Å². The van der Waals surface area contributed by atoms with Gasteiger partial charge in [-0.3, -0.25) is 4.90 Å². The van der Waals surface area contributed by atoms with Crippen molar-refractivity contribution >= 4 is 6.09 Å². The first kappa shape index (κ1) is 35.5. The zero-order chi connectivity index (χ0) is 34.8. The molecule has 13 atom stereocenters. The number of aliphatic hydroxyl groups is 2. The molecule has 274 valence electrons. The molecule has 0 aromatic heterocycles. The van der Waals surface area contributed by atoms with E-state index in [1.54, 1.807) is 0 Å². The molecule has 2 N–H and O–H groups in total. The summed E-state index contributed by atoms with van der Waals surface area (Å²) in [6.07, 6.45) is 7.18. The van der Waals surface area contributed by atoms with Crippen LogP contribution < -0.4 is 0 Å². The third kappa shape index (κ3) is 4.73. The van der Waals surface area contributed by atoms with E-state index in [0.717, 1.165) is 64.7 Å². The Bertz CT molecular complexity index is 1240. The molecule has 8 nitrogen and oxygen atoms in total. The van der Waals surface area contributed by atoms with Crippen molar-refractivity contribution in [2.75, 3.05) is 32.8 Å². The van der Waals surface area contributed by atoms with Crippen LogP contribution in [0.5, 0.6) is 0 Å². The average Bonchev–Trinajstić information content (AvgIpc) is 3.65. The fourth-order valence-corrected chi connectivity index (χ4v) is 14.3. The summed E-state index contributed by atoms with van der Waals surface area (Å²) in [7, 11) is 0. The van der Waals surface area contributed by atoms with Crippen LogP contribution in [0.1, 0.15) is 121 Å².